The molecule has 0 bridgehead atoms. The number of carboxylic acid groups (broad SMARTS) is 1. The van der Waals surface area contributed by atoms with Gasteiger partial charge in [0.05, 0.1) is 11.7 Å². The van der Waals surface area contributed by atoms with Crippen LogP contribution in [0.4, 0.5) is 0 Å². The lowest BCUT2D eigenvalue weighted by Crippen LogP contribution is -2.45. The van der Waals surface area contributed by atoms with Crippen molar-refractivity contribution in [3.8, 4) is 0 Å². The summed E-state index contributed by atoms with van der Waals surface area (Å²) in [6.07, 6.45) is 6.21. The molecule has 0 amide bonds. The summed E-state index contributed by atoms with van der Waals surface area (Å²) in [6.45, 7) is 5.58. The smallest absolute Gasteiger partial charge is 0.352 e. The van der Waals surface area contributed by atoms with Gasteiger partial charge in [-0.1, -0.05) is 12.5 Å². The number of carboxylic acids is 1. The lowest BCUT2D eigenvalue weighted by atomic mass is 9.97. The van der Waals surface area contributed by atoms with Crippen molar-refractivity contribution >= 4 is 11.5 Å². The molecule has 0 aliphatic carbocycles. The number of fused-ring (bicyclic) bond motifs is 1. The van der Waals surface area contributed by atoms with Crippen molar-refractivity contribution in [3.05, 3.63) is 35.9 Å². The van der Waals surface area contributed by atoms with Crippen LogP contribution in [0.15, 0.2) is 24.4 Å². The molecule has 1 atom stereocenters. The monoisotopic (exact) mass is 301 g/mol. The molecule has 5 heteroatoms. The van der Waals surface area contributed by atoms with Crippen molar-refractivity contribution < 1.29 is 9.90 Å². The second-order valence-electron chi connectivity index (χ2n) is 6.34. The maximum absolute atomic E-state index is 11.5. The zero-order chi connectivity index (χ0) is 15.7. The minimum atomic E-state index is -0.908. The first kappa shape index (κ1) is 15.0. The predicted molar refractivity (Wildman–Crippen MR) is 85.3 cm³/mol. The Labute approximate surface area is 130 Å². The number of hydrogen-bond acceptors (Lipinski definition) is 3. The maximum atomic E-state index is 11.5. The molecule has 5 nitrogen and oxygen atoms in total. The second-order valence-corrected chi connectivity index (χ2v) is 6.34. The first-order chi connectivity index (χ1) is 10.6. The van der Waals surface area contributed by atoms with Gasteiger partial charge in [-0.3, -0.25) is 9.30 Å². The van der Waals surface area contributed by atoms with Crippen molar-refractivity contribution in [2.45, 2.75) is 51.6 Å². The topological polar surface area (TPSA) is 57.8 Å². The van der Waals surface area contributed by atoms with Gasteiger partial charge in [-0.25, -0.2) is 9.78 Å². The molecule has 0 radical (unpaired) electrons. The van der Waals surface area contributed by atoms with E-state index in [4.69, 9.17) is 0 Å². The number of nitrogens with zero attached hydrogens (tertiary/aromatic N) is 3. The molecule has 1 unspecified atom stereocenters. The van der Waals surface area contributed by atoms with Gasteiger partial charge in [0.2, 0.25) is 0 Å². The third-order valence-electron chi connectivity index (χ3n) is 4.60. The van der Waals surface area contributed by atoms with E-state index in [9.17, 15) is 9.90 Å². The van der Waals surface area contributed by atoms with Crippen LogP contribution in [0.1, 0.15) is 49.4 Å². The summed E-state index contributed by atoms with van der Waals surface area (Å²) in [6, 6.07) is 6.27. The molecule has 0 spiro atoms. The van der Waals surface area contributed by atoms with Crippen molar-refractivity contribution in [1.82, 2.24) is 14.3 Å². The standard InChI is InChI=1S/C17H23N3O2/c1-12(2)19-9-4-3-6-13(19)10-16-18-11-14-7-5-8-15(17(21)22)20(14)16/h5,7-8,11-13H,3-4,6,9-10H2,1-2H3,(H,21,22). The predicted octanol–water partition coefficient (Wildman–Crippen LogP) is 2.84. The van der Waals surface area contributed by atoms with Crippen LogP contribution in [-0.2, 0) is 6.42 Å². The van der Waals surface area contributed by atoms with Crippen LogP contribution < -0.4 is 0 Å². The Balaban J connectivity index is 1.95. The van der Waals surface area contributed by atoms with Gasteiger partial charge in [0, 0.05) is 18.5 Å². The molecule has 1 fully saturated rings. The molecule has 1 aliphatic rings. The van der Waals surface area contributed by atoms with E-state index >= 15 is 0 Å². The first-order valence-electron chi connectivity index (χ1n) is 8.02. The van der Waals surface area contributed by atoms with Crippen molar-refractivity contribution in [2.24, 2.45) is 0 Å². The summed E-state index contributed by atoms with van der Waals surface area (Å²) in [5.41, 5.74) is 1.14. The number of rotatable bonds is 4. The Morgan fingerprint density at radius 2 is 2.23 bits per heavy atom. The summed E-state index contributed by atoms with van der Waals surface area (Å²) < 4.78 is 1.79. The number of aromatic nitrogens is 2. The van der Waals surface area contributed by atoms with Gasteiger partial charge in [-0.2, -0.15) is 0 Å². The summed E-state index contributed by atoms with van der Waals surface area (Å²) >= 11 is 0. The average molecular weight is 301 g/mol. The number of aromatic carboxylic acids is 1. The fourth-order valence-corrected chi connectivity index (χ4v) is 3.56. The molecule has 2 aromatic heterocycles. The molecule has 118 valence electrons. The van der Waals surface area contributed by atoms with Crippen LogP contribution in [-0.4, -0.2) is 44.0 Å². The van der Waals surface area contributed by atoms with E-state index in [-0.39, 0.29) is 5.69 Å². The Hall–Kier alpha value is -1.88. The van der Waals surface area contributed by atoms with Gasteiger partial charge in [0.25, 0.3) is 0 Å². The molecular weight excluding hydrogens is 278 g/mol. The fourth-order valence-electron chi connectivity index (χ4n) is 3.56. The van der Waals surface area contributed by atoms with Crippen molar-refractivity contribution in [2.75, 3.05) is 6.54 Å². The highest BCUT2D eigenvalue weighted by Gasteiger charge is 2.26. The highest BCUT2D eigenvalue weighted by Crippen LogP contribution is 2.23. The molecule has 22 heavy (non-hydrogen) atoms. The van der Waals surface area contributed by atoms with E-state index in [1.165, 1.54) is 12.8 Å². The molecule has 3 heterocycles. The summed E-state index contributed by atoms with van der Waals surface area (Å²) in [5, 5.41) is 9.41. The Morgan fingerprint density at radius 3 is 2.95 bits per heavy atom. The minimum absolute atomic E-state index is 0.289. The van der Waals surface area contributed by atoms with Crippen LogP contribution >= 0.6 is 0 Å². The third kappa shape index (κ3) is 2.73. The van der Waals surface area contributed by atoms with Crippen molar-refractivity contribution in [1.29, 1.82) is 0 Å². The summed E-state index contributed by atoms with van der Waals surface area (Å²) in [4.78, 5) is 18.5. The van der Waals surface area contributed by atoms with E-state index in [1.54, 1.807) is 22.7 Å². The van der Waals surface area contributed by atoms with Crippen LogP contribution in [0.2, 0.25) is 0 Å². The lowest BCUT2D eigenvalue weighted by molar-refractivity contribution is 0.0687. The number of carbonyl (C=O) groups is 1. The Bertz CT molecular complexity index is 678. The molecule has 1 N–H and O–H groups in total. The number of piperidine rings is 1. The van der Waals surface area contributed by atoms with Gasteiger partial charge >= 0.3 is 5.97 Å². The third-order valence-corrected chi connectivity index (χ3v) is 4.60. The zero-order valence-electron chi connectivity index (χ0n) is 13.2. The quantitative estimate of drug-likeness (QED) is 0.943. The normalized spacial score (nSPS) is 19.9. The van der Waals surface area contributed by atoms with E-state index in [2.05, 4.69) is 23.7 Å². The minimum Gasteiger partial charge on any atom is -0.477 e. The molecule has 1 aliphatic heterocycles. The largest absolute Gasteiger partial charge is 0.477 e. The zero-order valence-corrected chi connectivity index (χ0v) is 13.2. The van der Waals surface area contributed by atoms with Gasteiger partial charge in [-0.05, 0) is 45.4 Å². The van der Waals surface area contributed by atoms with Gasteiger partial charge < -0.3 is 5.11 Å². The summed E-state index contributed by atoms with van der Waals surface area (Å²) in [5.74, 6) is -0.0558. The molecule has 0 saturated carbocycles. The number of imidazole rings is 1. The van der Waals surface area contributed by atoms with Crippen LogP contribution in [0.3, 0.4) is 0 Å². The number of hydrogen-bond donors (Lipinski definition) is 1. The molecular formula is C17H23N3O2. The van der Waals surface area contributed by atoms with Crippen LogP contribution in [0.25, 0.3) is 5.52 Å². The van der Waals surface area contributed by atoms with Crippen LogP contribution in [0.5, 0.6) is 0 Å². The first-order valence-corrected chi connectivity index (χ1v) is 8.02. The highest BCUT2D eigenvalue weighted by molar-refractivity contribution is 5.86. The number of likely N-dealkylation sites (tertiary alicyclic amines) is 1. The summed E-state index contributed by atoms with van der Waals surface area (Å²) in [7, 11) is 0. The van der Waals surface area contributed by atoms with E-state index in [1.807, 2.05) is 6.07 Å². The molecule has 3 rings (SSSR count). The Morgan fingerprint density at radius 1 is 1.41 bits per heavy atom. The fraction of sp³-hybridized carbons (Fsp3) is 0.529. The second kappa shape index (κ2) is 6.08. The SMILES string of the molecule is CC(C)N1CCCCC1Cc1ncc2cccc(C(=O)O)n12. The lowest BCUT2D eigenvalue weighted by Gasteiger charge is -2.38. The van der Waals surface area contributed by atoms with Crippen molar-refractivity contribution in [3.63, 3.8) is 0 Å². The maximum Gasteiger partial charge on any atom is 0.352 e. The van der Waals surface area contributed by atoms with E-state index in [0.29, 0.717) is 12.1 Å². The van der Waals surface area contributed by atoms with Crippen LogP contribution in [0, 0.1) is 0 Å². The van der Waals surface area contributed by atoms with Gasteiger partial charge in [-0.15, -0.1) is 0 Å². The highest BCUT2D eigenvalue weighted by atomic mass is 16.4. The number of pyridine rings is 1. The van der Waals surface area contributed by atoms with Gasteiger partial charge in [0.15, 0.2) is 0 Å². The Kier molecular flexibility index (Phi) is 4.16. The molecule has 1 saturated heterocycles. The molecule has 0 aromatic carbocycles. The van der Waals surface area contributed by atoms with E-state index < -0.39 is 5.97 Å². The average Bonchev–Trinajstić information content (AvgIpc) is 2.90. The van der Waals surface area contributed by atoms with Gasteiger partial charge in [0.1, 0.15) is 11.5 Å². The molecule has 2 aromatic rings. The van der Waals surface area contributed by atoms with E-state index in [0.717, 1.165) is 30.7 Å².